The summed E-state index contributed by atoms with van der Waals surface area (Å²) in [5.41, 5.74) is 0. The van der Waals surface area contributed by atoms with Gasteiger partial charge in [0.25, 0.3) is 0 Å². The van der Waals surface area contributed by atoms with Crippen LogP contribution in [0.15, 0.2) is 0 Å². The number of rotatable bonds is 13. The fraction of sp³-hybridized carbons (Fsp3) is 1.00. The molecule has 0 spiro atoms. The fourth-order valence-corrected chi connectivity index (χ4v) is 2.48. The summed E-state index contributed by atoms with van der Waals surface area (Å²) in [6.07, 6.45) is 9.24. The van der Waals surface area contributed by atoms with E-state index in [1.807, 2.05) is 0 Å². The summed E-state index contributed by atoms with van der Waals surface area (Å²) in [6.45, 7) is 21.2. The van der Waals surface area contributed by atoms with Crippen molar-refractivity contribution >= 4 is 0 Å². The highest BCUT2D eigenvalue weighted by Crippen LogP contribution is 1.97. The minimum atomic E-state index is 1.22. The van der Waals surface area contributed by atoms with Crippen molar-refractivity contribution in [1.29, 1.82) is 0 Å². The van der Waals surface area contributed by atoms with Gasteiger partial charge in [-0.05, 0) is 71.4 Å². The van der Waals surface area contributed by atoms with Crippen LogP contribution >= 0.6 is 0 Å². The van der Waals surface area contributed by atoms with Crippen LogP contribution in [0, 0.1) is 0 Å². The summed E-state index contributed by atoms with van der Waals surface area (Å²) in [5, 5.41) is 0. The molecule has 0 rings (SSSR count). The summed E-state index contributed by atoms with van der Waals surface area (Å²) in [4.78, 5) is 5.09. The summed E-state index contributed by atoms with van der Waals surface area (Å²) >= 11 is 0. The molecule has 0 N–H and O–H groups in total. The molecule has 0 aromatic heterocycles. The smallest absolute Gasteiger partial charge is 0.00190 e. The standard InChI is InChI=1S/C10H23N.C9H21N/c1-4-7-9-11(6-3)10-8-5-2;1-4-7-10(8-5-2)9-6-3/h4-10H2,1-3H3;4-9H2,1-3H3. The van der Waals surface area contributed by atoms with Crippen molar-refractivity contribution in [3.63, 3.8) is 0 Å². The highest BCUT2D eigenvalue weighted by atomic mass is 15.1. The maximum atomic E-state index is 2.55. The molecular formula is C19H44N2. The molecule has 0 saturated heterocycles. The van der Waals surface area contributed by atoms with Gasteiger partial charge in [-0.25, -0.2) is 0 Å². The van der Waals surface area contributed by atoms with E-state index >= 15 is 0 Å². The minimum Gasteiger partial charge on any atom is -0.304 e. The Morgan fingerprint density at radius 1 is 0.429 bits per heavy atom. The van der Waals surface area contributed by atoms with Crippen molar-refractivity contribution in [2.75, 3.05) is 39.3 Å². The fourth-order valence-electron chi connectivity index (χ4n) is 2.48. The Labute approximate surface area is 136 Å². The third-order valence-electron chi connectivity index (χ3n) is 3.72. The molecule has 2 heteroatoms. The van der Waals surface area contributed by atoms with Crippen LogP contribution in [0.5, 0.6) is 0 Å². The van der Waals surface area contributed by atoms with E-state index in [0.29, 0.717) is 0 Å². The second-order valence-electron chi connectivity index (χ2n) is 5.98. The molecule has 130 valence electrons. The van der Waals surface area contributed by atoms with E-state index in [-0.39, 0.29) is 0 Å². The first-order chi connectivity index (χ1) is 10.2. The average molecular weight is 301 g/mol. The molecule has 0 aliphatic rings. The van der Waals surface area contributed by atoms with E-state index in [4.69, 9.17) is 0 Å². The van der Waals surface area contributed by atoms with Crippen LogP contribution in [-0.4, -0.2) is 49.1 Å². The Morgan fingerprint density at radius 3 is 1.05 bits per heavy atom. The van der Waals surface area contributed by atoms with Crippen LogP contribution in [0.3, 0.4) is 0 Å². The number of unbranched alkanes of at least 4 members (excludes halogenated alkanes) is 2. The molecule has 21 heavy (non-hydrogen) atoms. The van der Waals surface area contributed by atoms with E-state index in [2.05, 4.69) is 51.3 Å². The van der Waals surface area contributed by atoms with Gasteiger partial charge in [0.1, 0.15) is 0 Å². The normalized spacial score (nSPS) is 10.9. The molecule has 0 heterocycles. The largest absolute Gasteiger partial charge is 0.304 e. The van der Waals surface area contributed by atoms with Gasteiger partial charge < -0.3 is 9.80 Å². The van der Waals surface area contributed by atoms with Gasteiger partial charge in [-0.2, -0.15) is 0 Å². The lowest BCUT2D eigenvalue weighted by Gasteiger charge is -2.19. The Balaban J connectivity index is 0. The van der Waals surface area contributed by atoms with Crippen molar-refractivity contribution in [3.8, 4) is 0 Å². The highest BCUT2D eigenvalue weighted by Gasteiger charge is 1.99. The Kier molecular flexibility index (Phi) is 22.0. The van der Waals surface area contributed by atoms with Crippen molar-refractivity contribution in [1.82, 2.24) is 9.80 Å². The van der Waals surface area contributed by atoms with Gasteiger partial charge >= 0.3 is 0 Å². The summed E-state index contributed by atoms with van der Waals surface area (Å²) in [7, 11) is 0. The zero-order chi connectivity index (χ0) is 16.3. The van der Waals surface area contributed by atoms with E-state index in [1.165, 1.54) is 84.2 Å². The molecule has 0 radical (unpaired) electrons. The van der Waals surface area contributed by atoms with Crippen molar-refractivity contribution in [3.05, 3.63) is 0 Å². The highest BCUT2D eigenvalue weighted by molar-refractivity contribution is 4.54. The van der Waals surface area contributed by atoms with Gasteiger partial charge in [0, 0.05) is 0 Å². The summed E-state index contributed by atoms with van der Waals surface area (Å²) in [5.74, 6) is 0. The lowest BCUT2D eigenvalue weighted by Crippen LogP contribution is -2.25. The molecule has 0 aliphatic heterocycles. The van der Waals surface area contributed by atoms with Gasteiger partial charge in [0.05, 0.1) is 0 Å². The van der Waals surface area contributed by atoms with Gasteiger partial charge in [-0.1, -0.05) is 54.4 Å². The van der Waals surface area contributed by atoms with Crippen molar-refractivity contribution < 1.29 is 0 Å². The second-order valence-corrected chi connectivity index (χ2v) is 5.98. The summed E-state index contributed by atoms with van der Waals surface area (Å²) < 4.78 is 0. The maximum Gasteiger partial charge on any atom is -0.00190 e. The topological polar surface area (TPSA) is 6.48 Å². The molecule has 2 nitrogen and oxygen atoms in total. The number of nitrogens with zero attached hydrogens (tertiary/aromatic N) is 2. The van der Waals surface area contributed by atoms with E-state index < -0.39 is 0 Å². The van der Waals surface area contributed by atoms with E-state index in [9.17, 15) is 0 Å². The first-order valence-corrected chi connectivity index (χ1v) is 9.64. The SMILES string of the molecule is CCCCN(CC)CCCC.CCCN(CCC)CCC. The van der Waals surface area contributed by atoms with Gasteiger partial charge in [0.2, 0.25) is 0 Å². The Hall–Kier alpha value is -0.0800. The van der Waals surface area contributed by atoms with Gasteiger partial charge in [-0.3, -0.25) is 0 Å². The van der Waals surface area contributed by atoms with Crippen LogP contribution in [0.25, 0.3) is 0 Å². The van der Waals surface area contributed by atoms with Crippen LogP contribution in [0.2, 0.25) is 0 Å². The van der Waals surface area contributed by atoms with Gasteiger partial charge in [-0.15, -0.1) is 0 Å². The molecule has 0 unspecified atom stereocenters. The Bertz CT molecular complexity index is 149. The number of hydrogen-bond acceptors (Lipinski definition) is 2. The average Bonchev–Trinajstić information content (AvgIpc) is 2.49. The van der Waals surface area contributed by atoms with Gasteiger partial charge in [0.15, 0.2) is 0 Å². The van der Waals surface area contributed by atoms with Crippen LogP contribution in [-0.2, 0) is 0 Å². The molecular weight excluding hydrogens is 256 g/mol. The molecule has 0 atom stereocenters. The van der Waals surface area contributed by atoms with Crippen molar-refractivity contribution in [2.45, 2.75) is 86.5 Å². The minimum absolute atomic E-state index is 1.22. The molecule has 0 amide bonds. The molecule has 0 aliphatic carbocycles. The quantitative estimate of drug-likeness (QED) is 0.447. The Morgan fingerprint density at radius 2 is 0.810 bits per heavy atom. The first kappa shape index (κ1) is 23.2. The third-order valence-corrected chi connectivity index (χ3v) is 3.72. The second kappa shape index (κ2) is 19.9. The predicted molar refractivity (Wildman–Crippen MR) is 99.2 cm³/mol. The van der Waals surface area contributed by atoms with E-state index in [0.717, 1.165) is 0 Å². The zero-order valence-corrected chi connectivity index (χ0v) is 16.1. The monoisotopic (exact) mass is 300 g/mol. The number of hydrogen-bond donors (Lipinski definition) is 0. The molecule has 0 fully saturated rings. The predicted octanol–water partition coefficient (Wildman–Crippen LogP) is 5.43. The lowest BCUT2D eigenvalue weighted by atomic mass is 10.2. The third kappa shape index (κ3) is 17.9. The zero-order valence-electron chi connectivity index (χ0n) is 16.1. The van der Waals surface area contributed by atoms with Crippen molar-refractivity contribution in [2.24, 2.45) is 0 Å². The molecule has 0 aromatic carbocycles. The molecule has 0 saturated carbocycles. The van der Waals surface area contributed by atoms with Crippen LogP contribution in [0.4, 0.5) is 0 Å². The molecule has 0 aromatic rings. The first-order valence-electron chi connectivity index (χ1n) is 9.64. The van der Waals surface area contributed by atoms with Crippen LogP contribution < -0.4 is 0 Å². The molecule has 0 bridgehead atoms. The van der Waals surface area contributed by atoms with Crippen LogP contribution in [0.1, 0.15) is 86.5 Å². The lowest BCUT2D eigenvalue weighted by molar-refractivity contribution is 0.275. The van der Waals surface area contributed by atoms with E-state index in [1.54, 1.807) is 0 Å². The summed E-state index contributed by atoms with van der Waals surface area (Å²) in [6, 6.07) is 0. The maximum absolute atomic E-state index is 2.55.